The van der Waals surface area contributed by atoms with E-state index in [4.69, 9.17) is 9.47 Å². The van der Waals surface area contributed by atoms with Crippen molar-refractivity contribution >= 4 is 11.9 Å². The number of alkyl halides is 6. The lowest BCUT2D eigenvalue weighted by Gasteiger charge is -2.10. The molecule has 0 atom stereocenters. The van der Waals surface area contributed by atoms with Crippen LogP contribution in [0.5, 0.6) is 0 Å². The Kier molecular flexibility index (Phi) is 7.23. The third-order valence-electron chi connectivity index (χ3n) is 4.42. The molecule has 5 nitrogen and oxygen atoms in total. The molecule has 0 N–H and O–H groups in total. The van der Waals surface area contributed by atoms with Gasteiger partial charge in [0.1, 0.15) is 24.6 Å². The van der Waals surface area contributed by atoms with Gasteiger partial charge in [0.15, 0.2) is 0 Å². The molecule has 34 heavy (non-hydrogen) atoms. The van der Waals surface area contributed by atoms with Crippen LogP contribution in [0.4, 0.5) is 26.3 Å². The van der Waals surface area contributed by atoms with E-state index in [1.54, 1.807) is 0 Å². The maximum Gasteiger partial charge on any atom is 0.416 e. The van der Waals surface area contributed by atoms with Gasteiger partial charge < -0.3 is 9.47 Å². The van der Waals surface area contributed by atoms with Crippen molar-refractivity contribution in [3.8, 4) is 0 Å². The number of rotatable bonds is 6. The van der Waals surface area contributed by atoms with Gasteiger partial charge in [0.2, 0.25) is 0 Å². The molecule has 11 heteroatoms. The van der Waals surface area contributed by atoms with Gasteiger partial charge in [-0.15, -0.1) is 0 Å². The van der Waals surface area contributed by atoms with Gasteiger partial charge in [-0.2, -0.15) is 26.3 Å². The average Bonchev–Trinajstić information content (AvgIpc) is 2.80. The molecule has 0 saturated carbocycles. The number of carbonyl (C=O) groups excluding carboxylic acids is 2. The summed E-state index contributed by atoms with van der Waals surface area (Å²) in [4.78, 5) is 28.2. The van der Waals surface area contributed by atoms with E-state index in [-0.39, 0.29) is 22.5 Å². The van der Waals surface area contributed by atoms with Gasteiger partial charge in [0.05, 0.1) is 11.1 Å². The molecule has 3 aromatic rings. The topological polar surface area (TPSA) is 65.5 Å². The summed E-state index contributed by atoms with van der Waals surface area (Å²) in [5.41, 5.74) is -2.21. The van der Waals surface area contributed by atoms with Crippen molar-refractivity contribution in [2.24, 2.45) is 0 Å². The molecule has 0 aliphatic carbocycles. The second-order valence-electron chi connectivity index (χ2n) is 6.96. The highest BCUT2D eigenvalue weighted by Gasteiger charge is 2.31. The van der Waals surface area contributed by atoms with Crippen molar-refractivity contribution in [1.82, 2.24) is 4.98 Å². The molecule has 0 unspecified atom stereocenters. The minimum atomic E-state index is -4.55. The smallest absolute Gasteiger partial charge is 0.416 e. The van der Waals surface area contributed by atoms with E-state index >= 15 is 0 Å². The minimum Gasteiger partial charge on any atom is -0.456 e. The Labute approximate surface area is 188 Å². The summed E-state index contributed by atoms with van der Waals surface area (Å²) in [5.74, 6) is -1.99. The van der Waals surface area contributed by atoms with Crippen molar-refractivity contribution in [3.63, 3.8) is 0 Å². The zero-order valence-corrected chi connectivity index (χ0v) is 17.1. The van der Waals surface area contributed by atoms with E-state index in [2.05, 4.69) is 4.98 Å². The van der Waals surface area contributed by atoms with E-state index in [1.165, 1.54) is 42.5 Å². The van der Waals surface area contributed by atoms with Gasteiger partial charge in [-0.1, -0.05) is 30.3 Å². The summed E-state index contributed by atoms with van der Waals surface area (Å²) in [6, 6.07) is 12.2. The summed E-state index contributed by atoms with van der Waals surface area (Å²) < 4.78 is 86.6. The SMILES string of the molecule is O=C(OCc1cccc(C(F)(F)F)c1)c1cccc(C(=O)OCc2cccc(C(F)(F)F)c2)n1. The molecule has 0 saturated heterocycles. The van der Waals surface area contributed by atoms with Crippen LogP contribution in [0.2, 0.25) is 0 Å². The number of hydrogen-bond donors (Lipinski definition) is 0. The summed E-state index contributed by atoms with van der Waals surface area (Å²) in [7, 11) is 0. The van der Waals surface area contributed by atoms with Gasteiger partial charge in [-0.3, -0.25) is 0 Å². The molecule has 0 bridgehead atoms. The lowest BCUT2D eigenvalue weighted by atomic mass is 10.1. The predicted octanol–water partition coefficient (Wildman–Crippen LogP) is 5.83. The fourth-order valence-corrected chi connectivity index (χ4v) is 2.78. The van der Waals surface area contributed by atoms with Crippen LogP contribution in [0, 0.1) is 0 Å². The first-order chi connectivity index (χ1) is 15.9. The van der Waals surface area contributed by atoms with E-state index in [0.717, 1.165) is 24.3 Å². The number of nitrogens with zero attached hydrogens (tertiary/aromatic N) is 1. The molecule has 1 aromatic heterocycles. The Morgan fingerprint density at radius 2 is 1.03 bits per heavy atom. The first kappa shape index (κ1) is 24.7. The monoisotopic (exact) mass is 483 g/mol. The maximum absolute atomic E-state index is 12.8. The van der Waals surface area contributed by atoms with Crippen LogP contribution in [0.25, 0.3) is 0 Å². The van der Waals surface area contributed by atoms with E-state index in [9.17, 15) is 35.9 Å². The first-order valence-electron chi connectivity index (χ1n) is 9.57. The highest BCUT2D eigenvalue weighted by Crippen LogP contribution is 2.30. The Hall–Kier alpha value is -3.89. The van der Waals surface area contributed by atoms with Gasteiger partial charge in [-0.25, -0.2) is 14.6 Å². The minimum absolute atomic E-state index is 0.0971. The molecule has 2 aromatic carbocycles. The molecule has 3 rings (SSSR count). The number of aromatic nitrogens is 1. The Balaban J connectivity index is 1.62. The number of benzene rings is 2. The van der Waals surface area contributed by atoms with Crippen molar-refractivity contribution in [2.45, 2.75) is 25.6 Å². The van der Waals surface area contributed by atoms with Crippen LogP contribution in [-0.4, -0.2) is 16.9 Å². The van der Waals surface area contributed by atoms with Crippen LogP contribution in [0.1, 0.15) is 43.2 Å². The van der Waals surface area contributed by atoms with Crippen LogP contribution < -0.4 is 0 Å². The Morgan fingerprint density at radius 1 is 0.647 bits per heavy atom. The number of carbonyl (C=O) groups is 2. The zero-order chi connectivity index (χ0) is 24.9. The van der Waals surface area contributed by atoms with Crippen molar-refractivity contribution in [1.29, 1.82) is 0 Å². The molecule has 0 radical (unpaired) electrons. The predicted molar refractivity (Wildman–Crippen MR) is 105 cm³/mol. The summed E-state index contributed by atoms with van der Waals surface area (Å²) in [5, 5.41) is 0. The molecule has 0 spiro atoms. The molecular formula is C23H15F6NO4. The van der Waals surface area contributed by atoms with Crippen molar-refractivity contribution in [2.75, 3.05) is 0 Å². The Morgan fingerprint density at radius 3 is 1.41 bits per heavy atom. The normalized spacial score (nSPS) is 11.7. The molecule has 0 amide bonds. The molecule has 178 valence electrons. The van der Waals surface area contributed by atoms with Crippen LogP contribution in [0.15, 0.2) is 66.7 Å². The van der Waals surface area contributed by atoms with Crippen LogP contribution >= 0.6 is 0 Å². The van der Waals surface area contributed by atoms with Gasteiger partial charge in [0, 0.05) is 0 Å². The number of hydrogen-bond acceptors (Lipinski definition) is 5. The third kappa shape index (κ3) is 6.56. The first-order valence-corrected chi connectivity index (χ1v) is 9.57. The number of ether oxygens (including phenoxy) is 2. The quantitative estimate of drug-likeness (QED) is 0.326. The van der Waals surface area contributed by atoms with Crippen molar-refractivity contribution in [3.05, 3.63) is 100 Å². The van der Waals surface area contributed by atoms with Gasteiger partial charge >= 0.3 is 24.3 Å². The number of halogens is 6. The number of pyridine rings is 1. The average molecular weight is 483 g/mol. The lowest BCUT2D eigenvalue weighted by Crippen LogP contribution is -2.13. The fraction of sp³-hybridized carbons (Fsp3) is 0.174. The van der Waals surface area contributed by atoms with E-state index in [0.29, 0.717) is 0 Å². The maximum atomic E-state index is 12.8. The number of esters is 2. The summed E-state index contributed by atoms with van der Waals surface area (Å²) >= 11 is 0. The third-order valence-corrected chi connectivity index (χ3v) is 4.42. The van der Waals surface area contributed by atoms with E-state index in [1.807, 2.05) is 0 Å². The second-order valence-corrected chi connectivity index (χ2v) is 6.96. The van der Waals surface area contributed by atoms with Gasteiger partial charge in [0.25, 0.3) is 0 Å². The van der Waals surface area contributed by atoms with Crippen LogP contribution in [-0.2, 0) is 35.0 Å². The lowest BCUT2D eigenvalue weighted by molar-refractivity contribution is -0.138. The zero-order valence-electron chi connectivity index (χ0n) is 17.1. The molecule has 1 heterocycles. The fourth-order valence-electron chi connectivity index (χ4n) is 2.78. The van der Waals surface area contributed by atoms with E-state index < -0.39 is 48.6 Å². The van der Waals surface area contributed by atoms with Crippen LogP contribution in [0.3, 0.4) is 0 Å². The van der Waals surface area contributed by atoms with Crippen molar-refractivity contribution < 1.29 is 45.4 Å². The Bertz CT molecular complexity index is 1100. The highest BCUT2D eigenvalue weighted by atomic mass is 19.4. The second kappa shape index (κ2) is 9.94. The molecular weight excluding hydrogens is 468 g/mol. The highest BCUT2D eigenvalue weighted by molar-refractivity contribution is 5.91. The summed E-state index contributed by atoms with van der Waals surface area (Å²) in [6.45, 7) is -0.927. The van der Waals surface area contributed by atoms with Gasteiger partial charge in [-0.05, 0) is 47.5 Å². The largest absolute Gasteiger partial charge is 0.456 e. The summed E-state index contributed by atoms with van der Waals surface area (Å²) in [6.07, 6.45) is -9.10. The molecule has 0 aliphatic heterocycles. The standard InChI is InChI=1S/C23H15F6NO4/c24-22(25,26)16-6-1-4-14(10-16)12-33-20(31)18-8-3-9-19(30-18)21(32)34-13-15-5-2-7-17(11-15)23(27,28)29/h1-11H,12-13H2. The molecule has 0 aliphatic rings. The molecule has 0 fully saturated rings.